The first-order valence-electron chi connectivity index (χ1n) is 12.1. The van der Waals surface area contributed by atoms with Gasteiger partial charge in [0.15, 0.2) is 0 Å². The topological polar surface area (TPSA) is 122 Å². The van der Waals surface area contributed by atoms with Crippen molar-refractivity contribution < 1.29 is 29.0 Å². The molecule has 1 aliphatic rings. The molecule has 0 fully saturated rings. The number of amides is 2. The molecule has 0 aliphatic heterocycles. The summed E-state index contributed by atoms with van der Waals surface area (Å²) in [6, 6.07) is 6.58. The number of carboxylic acids is 1. The summed E-state index contributed by atoms with van der Waals surface area (Å²) in [6.07, 6.45) is 2.57. The number of fused-ring (bicyclic) bond motifs is 1. The molecule has 0 bridgehead atoms. The van der Waals surface area contributed by atoms with Gasteiger partial charge in [-0.2, -0.15) is 0 Å². The number of benzene rings is 2. The molecule has 0 spiro atoms. The zero-order valence-corrected chi connectivity index (χ0v) is 26.2. The van der Waals surface area contributed by atoms with Crippen LogP contribution in [0.4, 0.5) is 10.7 Å². The number of rotatable bonds is 8. The number of ether oxygens (including phenoxy) is 1. The van der Waals surface area contributed by atoms with E-state index in [4.69, 9.17) is 51.1 Å². The lowest BCUT2D eigenvalue weighted by molar-refractivity contribution is -0.113. The number of thioether (sulfide) groups is 1. The van der Waals surface area contributed by atoms with Gasteiger partial charge in [0.1, 0.15) is 5.00 Å². The van der Waals surface area contributed by atoms with E-state index >= 15 is 0 Å². The van der Waals surface area contributed by atoms with Gasteiger partial charge in [-0.3, -0.25) is 9.59 Å². The number of carbonyl (C=O) groups excluding carboxylic acids is 3. The molecule has 4 rings (SSSR count). The summed E-state index contributed by atoms with van der Waals surface area (Å²) >= 11 is 26.8. The molecule has 1 aliphatic carbocycles. The van der Waals surface area contributed by atoms with Gasteiger partial charge in [-0.1, -0.05) is 59.4 Å². The van der Waals surface area contributed by atoms with Gasteiger partial charge >= 0.3 is 11.9 Å². The number of nitrogens with one attached hydrogen (secondary N) is 2. The molecule has 1 aromatic heterocycles. The molecule has 1 unspecified atom stereocenters. The summed E-state index contributed by atoms with van der Waals surface area (Å²) in [5, 5.41) is 14.2. The van der Waals surface area contributed by atoms with E-state index in [0.29, 0.717) is 27.1 Å². The van der Waals surface area contributed by atoms with Gasteiger partial charge in [0.25, 0.3) is 5.91 Å². The molecule has 8 nitrogen and oxygen atoms in total. The van der Waals surface area contributed by atoms with E-state index in [1.54, 1.807) is 24.3 Å². The molecule has 0 radical (unpaired) electrons. The molecule has 2 amide bonds. The minimum atomic E-state index is -1.51. The van der Waals surface area contributed by atoms with Gasteiger partial charge in [-0.05, 0) is 48.9 Å². The van der Waals surface area contributed by atoms with Crippen LogP contribution in [0.1, 0.15) is 54.9 Å². The minimum absolute atomic E-state index is 0.0222. The first-order chi connectivity index (χ1) is 19.4. The highest BCUT2D eigenvalue weighted by molar-refractivity contribution is 8.00. The number of esters is 1. The predicted molar refractivity (Wildman–Crippen MR) is 164 cm³/mol. The second kappa shape index (κ2) is 13.2. The van der Waals surface area contributed by atoms with E-state index in [9.17, 15) is 24.3 Å². The van der Waals surface area contributed by atoms with Crippen LogP contribution in [-0.4, -0.2) is 41.7 Å². The van der Waals surface area contributed by atoms with E-state index in [0.717, 1.165) is 29.7 Å². The number of methoxy groups -OCH3 is 1. The summed E-state index contributed by atoms with van der Waals surface area (Å²) in [5.41, 5.74) is 0.653. The largest absolute Gasteiger partial charge is 0.478 e. The number of carboxylic acid groups (broad SMARTS) is 1. The number of hydrogen-bond donors (Lipinski definition) is 3. The van der Waals surface area contributed by atoms with Gasteiger partial charge in [0, 0.05) is 15.5 Å². The van der Waals surface area contributed by atoms with E-state index in [-0.39, 0.29) is 26.7 Å². The lowest BCUT2D eigenvalue weighted by atomic mass is 9.88. The average Bonchev–Trinajstić information content (AvgIpc) is 3.28. The SMILES string of the molecule is COC(=O)c1c(NC(=O)CSc2cccc(NC(=O)c3c(Cl)c(Cl)c(Cl)c(Cl)c3C(=O)O)c2)sc2c1CCC(C)C2. The van der Waals surface area contributed by atoms with Gasteiger partial charge < -0.3 is 20.5 Å². The maximum atomic E-state index is 13.0. The summed E-state index contributed by atoms with van der Waals surface area (Å²) < 4.78 is 4.98. The fourth-order valence-electron chi connectivity index (χ4n) is 4.37. The monoisotopic (exact) mass is 674 g/mol. The highest BCUT2D eigenvalue weighted by Crippen LogP contribution is 2.42. The zero-order valence-electron chi connectivity index (χ0n) is 21.5. The van der Waals surface area contributed by atoms with E-state index < -0.39 is 34.0 Å². The standard InChI is InChI=1S/C27H22Cl4N2O6S2/c1-11-6-7-14-15(8-11)41-25(17(14)27(38)39-2)33-16(34)10-40-13-5-3-4-12(9-13)32-24(35)18-19(26(36)37)21(29)23(31)22(30)20(18)28/h3-5,9,11H,6-8,10H2,1-2H3,(H,32,35)(H,33,34)(H,36,37). The van der Waals surface area contributed by atoms with Crippen molar-refractivity contribution in [1.82, 2.24) is 0 Å². The third kappa shape index (κ3) is 6.79. The van der Waals surface area contributed by atoms with Crippen LogP contribution in [0.3, 0.4) is 0 Å². The first-order valence-corrected chi connectivity index (χ1v) is 15.4. The fraction of sp³-hybridized carbons (Fsp3) is 0.259. The molecule has 3 N–H and O–H groups in total. The van der Waals surface area contributed by atoms with E-state index in [1.165, 1.54) is 30.2 Å². The van der Waals surface area contributed by atoms with Gasteiger partial charge in [-0.25, -0.2) is 9.59 Å². The molecule has 41 heavy (non-hydrogen) atoms. The molecule has 1 heterocycles. The highest BCUT2D eigenvalue weighted by Gasteiger charge is 2.30. The van der Waals surface area contributed by atoms with Crippen molar-refractivity contribution in [3.63, 3.8) is 0 Å². The Hall–Kier alpha value is -2.47. The molecular weight excluding hydrogens is 654 g/mol. The van der Waals surface area contributed by atoms with Crippen molar-refractivity contribution in [1.29, 1.82) is 0 Å². The first kappa shape index (κ1) is 31.5. The highest BCUT2D eigenvalue weighted by atomic mass is 35.5. The number of anilines is 2. The third-order valence-electron chi connectivity index (χ3n) is 6.32. The summed E-state index contributed by atoms with van der Waals surface area (Å²) in [7, 11) is 1.32. The van der Waals surface area contributed by atoms with E-state index in [2.05, 4.69) is 17.6 Å². The van der Waals surface area contributed by atoms with Crippen LogP contribution in [0, 0.1) is 5.92 Å². The Labute approximate surface area is 263 Å². The van der Waals surface area contributed by atoms with Crippen LogP contribution >= 0.6 is 69.5 Å². The second-order valence-electron chi connectivity index (χ2n) is 9.18. The van der Waals surface area contributed by atoms with Crippen molar-refractivity contribution in [3.8, 4) is 0 Å². The number of thiophene rings is 1. The van der Waals surface area contributed by atoms with Crippen LogP contribution in [0.2, 0.25) is 20.1 Å². The summed E-state index contributed by atoms with van der Waals surface area (Å²) in [5.74, 6) is -2.64. The Bertz CT molecular complexity index is 1580. The smallest absolute Gasteiger partial charge is 0.341 e. The number of hydrogen-bond acceptors (Lipinski definition) is 7. The molecule has 1 atom stereocenters. The summed E-state index contributed by atoms with van der Waals surface area (Å²) in [4.78, 5) is 51.9. The Morgan fingerprint density at radius 1 is 1.02 bits per heavy atom. The Morgan fingerprint density at radius 3 is 2.37 bits per heavy atom. The number of carbonyl (C=O) groups is 4. The zero-order chi connectivity index (χ0) is 30.0. The van der Waals surface area contributed by atoms with Crippen molar-refractivity contribution in [3.05, 3.63) is 71.5 Å². The molecule has 0 saturated carbocycles. The number of aromatic carboxylic acids is 1. The maximum absolute atomic E-state index is 13.0. The molecule has 2 aromatic carbocycles. The normalized spacial score (nSPS) is 14.2. The molecule has 14 heteroatoms. The minimum Gasteiger partial charge on any atom is -0.478 e. The van der Waals surface area contributed by atoms with Crippen molar-refractivity contribution in [2.75, 3.05) is 23.5 Å². The fourth-order valence-corrected chi connectivity index (χ4v) is 7.56. The van der Waals surface area contributed by atoms with Gasteiger partial charge in [0.05, 0.1) is 49.6 Å². The summed E-state index contributed by atoms with van der Waals surface area (Å²) in [6.45, 7) is 2.16. The lowest BCUT2D eigenvalue weighted by Crippen LogP contribution is -2.18. The van der Waals surface area contributed by atoms with Crippen LogP contribution < -0.4 is 10.6 Å². The molecule has 216 valence electrons. The van der Waals surface area contributed by atoms with Gasteiger partial charge in [0.2, 0.25) is 5.91 Å². The Morgan fingerprint density at radius 2 is 1.71 bits per heavy atom. The molecule has 0 saturated heterocycles. The Balaban J connectivity index is 1.47. The Kier molecular flexibility index (Phi) is 10.2. The van der Waals surface area contributed by atoms with Crippen molar-refractivity contribution >= 4 is 104 Å². The second-order valence-corrected chi connectivity index (χ2v) is 12.8. The van der Waals surface area contributed by atoms with Crippen LogP contribution in [-0.2, 0) is 22.4 Å². The number of halogens is 4. The van der Waals surface area contributed by atoms with Crippen LogP contribution in [0.25, 0.3) is 0 Å². The van der Waals surface area contributed by atoms with Crippen molar-refractivity contribution in [2.24, 2.45) is 5.92 Å². The van der Waals surface area contributed by atoms with Crippen molar-refractivity contribution in [2.45, 2.75) is 31.1 Å². The quantitative estimate of drug-likeness (QED) is 0.0958. The van der Waals surface area contributed by atoms with Gasteiger partial charge in [-0.15, -0.1) is 23.1 Å². The molecule has 3 aromatic rings. The predicted octanol–water partition coefficient (Wildman–Crippen LogP) is 7.95. The maximum Gasteiger partial charge on any atom is 0.341 e. The van der Waals surface area contributed by atoms with E-state index in [1.807, 2.05) is 0 Å². The average molecular weight is 676 g/mol. The van der Waals surface area contributed by atoms with Crippen LogP contribution in [0.15, 0.2) is 29.2 Å². The molecular formula is C27H22Cl4N2O6S2. The lowest BCUT2D eigenvalue weighted by Gasteiger charge is -2.18. The third-order valence-corrected chi connectivity index (χ3v) is 10.3. The van der Waals surface area contributed by atoms with Crippen LogP contribution in [0.5, 0.6) is 0 Å².